The summed E-state index contributed by atoms with van der Waals surface area (Å²) >= 11 is 0. The van der Waals surface area contributed by atoms with Gasteiger partial charge in [0.05, 0.1) is 0 Å². The van der Waals surface area contributed by atoms with Gasteiger partial charge in [-0.15, -0.1) is 24.0 Å². The summed E-state index contributed by atoms with van der Waals surface area (Å²) in [4.78, 5) is 9.18. The predicted molar refractivity (Wildman–Crippen MR) is 96.1 cm³/mol. The average Bonchev–Trinajstić information content (AvgIpc) is 2.91. The molecule has 5 nitrogen and oxygen atoms in total. The van der Waals surface area contributed by atoms with Gasteiger partial charge < -0.3 is 15.5 Å². The first-order valence-electron chi connectivity index (χ1n) is 7.55. The van der Waals surface area contributed by atoms with Crippen molar-refractivity contribution in [2.75, 3.05) is 47.3 Å². The molecule has 1 unspecified atom stereocenters. The van der Waals surface area contributed by atoms with E-state index in [0.717, 1.165) is 25.6 Å². The van der Waals surface area contributed by atoms with E-state index in [1.165, 1.54) is 32.2 Å². The lowest BCUT2D eigenvalue weighted by Crippen LogP contribution is -2.55. The van der Waals surface area contributed by atoms with Crippen molar-refractivity contribution < 1.29 is 0 Å². The molecule has 2 aliphatic rings. The van der Waals surface area contributed by atoms with Gasteiger partial charge in [-0.1, -0.05) is 12.8 Å². The van der Waals surface area contributed by atoms with E-state index >= 15 is 0 Å². The highest BCUT2D eigenvalue weighted by Gasteiger charge is 2.22. The number of hydrogen-bond acceptors (Lipinski definition) is 3. The third-order valence-electron chi connectivity index (χ3n) is 4.40. The molecule has 1 aliphatic carbocycles. The Hall–Kier alpha value is -0.0800. The number of piperazine rings is 1. The second-order valence-corrected chi connectivity index (χ2v) is 5.98. The van der Waals surface area contributed by atoms with Gasteiger partial charge in [-0.2, -0.15) is 0 Å². The van der Waals surface area contributed by atoms with Crippen LogP contribution in [0.5, 0.6) is 0 Å². The fourth-order valence-corrected chi connectivity index (χ4v) is 2.99. The van der Waals surface area contributed by atoms with Crippen LogP contribution in [-0.4, -0.2) is 75.2 Å². The van der Waals surface area contributed by atoms with Crippen LogP contribution < -0.4 is 10.6 Å². The van der Waals surface area contributed by atoms with Gasteiger partial charge in [0.15, 0.2) is 5.96 Å². The molecule has 1 saturated carbocycles. The Morgan fingerprint density at radius 1 is 1.20 bits per heavy atom. The van der Waals surface area contributed by atoms with Gasteiger partial charge in [-0.3, -0.25) is 9.89 Å². The van der Waals surface area contributed by atoms with Crippen LogP contribution in [0.3, 0.4) is 0 Å². The Labute approximate surface area is 140 Å². The summed E-state index contributed by atoms with van der Waals surface area (Å²) in [5.41, 5.74) is 0. The number of aliphatic imine (C=N–C) groups is 1. The predicted octanol–water partition coefficient (Wildman–Crippen LogP) is 0.958. The van der Waals surface area contributed by atoms with Crippen molar-refractivity contribution in [2.45, 2.75) is 37.8 Å². The van der Waals surface area contributed by atoms with E-state index in [1.807, 2.05) is 7.05 Å². The second-order valence-electron chi connectivity index (χ2n) is 5.98. The fraction of sp³-hybridized carbons (Fsp3) is 0.929. The van der Waals surface area contributed by atoms with Gasteiger partial charge in [0.25, 0.3) is 0 Å². The number of guanidine groups is 1. The monoisotopic (exact) mass is 395 g/mol. The van der Waals surface area contributed by atoms with Crippen molar-refractivity contribution in [1.29, 1.82) is 0 Å². The van der Waals surface area contributed by atoms with Crippen LogP contribution in [0, 0.1) is 0 Å². The lowest BCUT2D eigenvalue weighted by molar-refractivity contribution is 0.116. The SMILES string of the molecule is CN=C(NCC1CN(C)CCN1C)NC1CCCC1.I. The largest absolute Gasteiger partial charge is 0.355 e. The highest BCUT2D eigenvalue weighted by molar-refractivity contribution is 14.0. The Morgan fingerprint density at radius 2 is 1.90 bits per heavy atom. The van der Waals surface area contributed by atoms with E-state index < -0.39 is 0 Å². The average molecular weight is 395 g/mol. The molecule has 0 spiro atoms. The van der Waals surface area contributed by atoms with Gasteiger partial charge in [-0.25, -0.2) is 0 Å². The summed E-state index contributed by atoms with van der Waals surface area (Å²) < 4.78 is 0. The molecule has 0 radical (unpaired) electrons. The van der Waals surface area contributed by atoms with Crippen molar-refractivity contribution in [2.24, 2.45) is 4.99 Å². The number of hydrogen-bond donors (Lipinski definition) is 2. The van der Waals surface area contributed by atoms with Crippen LogP contribution in [-0.2, 0) is 0 Å². The molecular weight excluding hydrogens is 365 g/mol. The van der Waals surface area contributed by atoms with Crippen molar-refractivity contribution in [3.05, 3.63) is 0 Å². The third kappa shape index (κ3) is 5.37. The molecule has 0 bridgehead atoms. The van der Waals surface area contributed by atoms with Crippen molar-refractivity contribution in [3.8, 4) is 0 Å². The summed E-state index contributed by atoms with van der Waals surface area (Å²) in [6.07, 6.45) is 5.27. The van der Waals surface area contributed by atoms with Gasteiger partial charge in [0, 0.05) is 45.3 Å². The Morgan fingerprint density at radius 3 is 2.55 bits per heavy atom. The molecule has 1 aliphatic heterocycles. The van der Waals surface area contributed by atoms with Crippen LogP contribution in [0.15, 0.2) is 4.99 Å². The summed E-state index contributed by atoms with van der Waals surface area (Å²) in [5, 5.41) is 7.03. The van der Waals surface area contributed by atoms with E-state index in [1.54, 1.807) is 0 Å². The van der Waals surface area contributed by atoms with E-state index in [-0.39, 0.29) is 24.0 Å². The molecule has 0 aromatic heterocycles. The lowest BCUT2D eigenvalue weighted by Gasteiger charge is -2.38. The van der Waals surface area contributed by atoms with Gasteiger partial charge in [0.1, 0.15) is 0 Å². The fourth-order valence-electron chi connectivity index (χ4n) is 2.99. The van der Waals surface area contributed by atoms with Gasteiger partial charge in [0.2, 0.25) is 0 Å². The zero-order chi connectivity index (χ0) is 13.7. The molecule has 118 valence electrons. The number of halogens is 1. The quantitative estimate of drug-likeness (QED) is 0.425. The summed E-state index contributed by atoms with van der Waals surface area (Å²) in [5.74, 6) is 0.966. The van der Waals surface area contributed by atoms with Crippen LogP contribution >= 0.6 is 24.0 Å². The van der Waals surface area contributed by atoms with Crippen molar-refractivity contribution in [3.63, 3.8) is 0 Å². The Bertz CT molecular complexity index is 304. The molecule has 2 rings (SSSR count). The first kappa shape index (κ1) is 18.0. The summed E-state index contributed by atoms with van der Waals surface area (Å²) in [7, 11) is 6.28. The van der Waals surface area contributed by atoms with E-state index in [0.29, 0.717) is 12.1 Å². The minimum atomic E-state index is 0. The van der Waals surface area contributed by atoms with Gasteiger partial charge >= 0.3 is 0 Å². The van der Waals surface area contributed by atoms with Crippen molar-refractivity contribution >= 4 is 29.9 Å². The molecule has 0 aromatic carbocycles. The number of nitrogens with zero attached hydrogens (tertiary/aromatic N) is 3. The lowest BCUT2D eigenvalue weighted by atomic mass is 10.2. The van der Waals surface area contributed by atoms with Crippen LogP contribution in [0.2, 0.25) is 0 Å². The molecule has 6 heteroatoms. The van der Waals surface area contributed by atoms with Gasteiger partial charge in [-0.05, 0) is 26.9 Å². The molecule has 0 aromatic rings. The maximum Gasteiger partial charge on any atom is 0.191 e. The molecule has 1 heterocycles. The summed E-state index contributed by atoms with van der Waals surface area (Å²) in [6, 6.07) is 1.19. The highest BCUT2D eigenvalue weighted by atomic mass is 127. The Balaban J connectivity index is 0.00000200. The van der Waals surface area contributed by atoms with E-state index in [4.69, 9.17) is 0 Å². The zero-order valence-electron chi connectivity index (χ0n) is 13.1. The maximum absolute atomic E-state index is 4.34. The molecular formula is C14H30IN5. The molecule has 20 heavy (non-hydrogen) atoms. The van der Waals surface area contributed by atoms with E-state index in [2.05, 4.69) is 39.5 Å². The molecule has 1 atom stereocenters. The molecule has 2 fully saturated rings. The highest BCUT2D eigenvalue weighted by Crippen LogP contribution is 2.17. The van der Waals surface area contributed by atoms with Crippen LogP contribution in [0.25, 0.3) is 0 Å². The summed E-state index contributed by atoms with van der Waals surface area (Å²) in [6.45, 7) is 4.41. The smallest absolute Gasteiger partial charge is 0.191 e. The van der Waals surface area contributed by atoms with E-state index in [9.17, 15) is 0 Å². The number of nitrogens with one attached hydrogen (secondary N) is 2. The topological polar surface area (TPSA) is 42.9 Å². The first-order chi connectivity index (χ1) is 9.19. The molecule has 0 amide bonds. The van der Waals surface area contributed by atoms with Crippen LogP contribution in [0.4, 0.5) is 0 Å². The number of rotatable bonds is 3. The van der Waals surface area contributed by atoms with Crippen molar-refractivity contribution in [1.82, 2.24) is 20.4 Å². The maximum atomic E-state index is 4.34. The third-order valence-corrected chi connectivity index (χ3v) is 4.40. The minimum absolute atomic E-state index is 0. The van der Waals surface area contributed by atoms with Crippen LogP contribution in [0.1, 0.15) is 25.7 Å². The zero-order valence-corrected chi connectivity index (χ0v) is 15.4. The number of likely N-dealkylation sites (N-methyl/N-ethyl adjacent to an activating group) is 2. The normalized spacial score (nSPS) is 26.4. The molecule has 2 N–H and O–H groups in total. The second kappa shape index (κ2) is 9.04. The minimum Gasteiger partial charge on any atom is -0.355 e. The Kier molecular flexibility index (Phi) is 8.13. The first-order valence-corrected chi connectivity index (χ1v) is 7.55. The standard InChI is InChI=1S/C14H29N5.HI/c1-15-14(17-12-6-4-5-7-12)16-10-13-11-18(2)8-9-19(13)3;/h12-13H,4-11H2,1-3H3,(H2,15,16,17);1H. The molecule has 1 saturated heterocycles.